The highest BCUT2D eigenvalue weighted by Gasteiger charge is 1.99. The highest BCUT2D eigenvalue weighted by Crippen LogP contribution is 2.10. The van der Waals surface area contributed by atoms with Crippen LogP contribution in [0.3, 0.4) is 0 Å². The lowest BCUT2D eigenvalue weighted by atomic mass is 10.2. The summed E-state index contributed by atoms with van der Waals surface area (Å²) in [4.78, 5) is 6.29. The molecule has 1 rings (SSSR count). The normalized spacial score (nSPS) is 10.8. The van der Waals surface area contributed by atoms with Crippen molar-refractivity contribution in [3.63, 3.8) is 0 Å². The Bertz CT molecular complexity index is 302. The first-order valence-electron chi connectivity index (χ1n) is 5.65. The van der Waals surface area contributed by atoms with Crippen molar-refractivity contribution in [2.75, 3.05) is 27.2 Å². The van der Waals surface area contributed by atoms with Crippen LogP contribution >= 0.6 is 0 Å². The van der Waals surface area contributed by atoms with Crippen molar-refractivity contribution >= 4 is 0 Å². The molecule has 1 heterocycles. The number of hydrogen-bond acceptors (Lipinski definition) is 4. The zero-order valence-corrected chi connectivity index (χ0v) is 10.1. The molecule has 0 spiro atoms. The van der Waals surface area contributed by atoms with E-state index in [1.807, 2.05) is 26.2 Å². The second-order valence-corrected chi connectivity index (χ2v) is 4.08. The Hall–Kier alpha value is -1.13. The number of nitrogens with two attached hydrogens (primary N) is 1. The summed E-state index contributed by atoms with van der Waals surface area (Å²) in [5.41, 5.74) is 6.63. The minimum atomic E-state index is 0.690. The molecule has 0 aliphatic carbocycles. The zero-order valence-electron chi connectivity index (χ0n) is 10.1. The topological polar surface area (TPSA) is 51.4 Å². The molecule has 1 aromatic heterocycles. The first-order chi connectivity index (χ1) is 7.72. The molecule has 0 radical (unpaired) electrons. The molecular formula is C12H21N3O. The van der Waals surface area contributed by atoms with E-state index >= 15 is 0 Å². The lowest BCUT2D eigenvalue weighted by Crippen LogP contribution is -2.11. The number of pyridine rings is 1. The molecule has 0 saturated carbocycles. The quantitative estimate of drug-likeness (QED) is 0.707. The monoisotopic (exact) mass is 223 g/mol. The highest BCUT2D eigenvalue weighted by molar-refractivity contribution is 5.20. The van der Waals surface area contributed by atoms with Crippen LogP contribution in [0.15, 0.2) is 18.3 Å². The molecule has 0 bridgehead atoms. The third kappa shape index (κ3) is 5.09. The van der Waals surface area contributed by atoms with Gasteiger partial charge in [0.05, 0.1) is 6.61 Å². The second kappa shape index (κ2) is 7.19. The Morgan fingerprint density at radius 3 is 2.88 bits per heavy atom. The molecule has 4 nitrogen and oxygen atoms in total. The molecule has 2 N–H and O–H groups in total. The van der Waals surface area contributed by atoms with Gasteiger partial charge in [-0.25, -0.2) is 4.98 Å². The van der Waals surface area contributed by atoms with Gasteiger partial charge in [0, 0.05) is 18.8 Å². The van der Waals surface area contributed by atoms with E-state index in [1.165, 1.54) is 5.56 Å². The van der Waals surface area contributed by atoms with Crippen LogP contribution in [0.2, 0.25) is 0 Å². The molecule has 0 aliphatic heterocycles. The molecule has 90 valence electrons. The SMILES string of the molecule is CN(C)Cc1ccnc(OCCCCN)c1. The van der Waals surface area contributed by atoms with Crippen molar-refractivity contribution in [1.29, 1.82) is 0 Å². The summed E-state index contributed by atoms with van der Waals surface area (Å²) >= 11 is 0. The maximum absolute atomic E-state index is 5.55. The number of nitrogens with zero attached hydrogens (tertiary/aromatic N) is 2. The summed E-state index contributed by atoms with van der Waals surface area (Å²) in [5, 5.41) is 0. The van der Waals surface area contributed by atoms with Gasteiger partial charge in [0.1, 0.15) is 0 Å². The van der Waals surface area contributed by atoms with E-state index in [2.05, 4.69) is 9.88 Å². The number of ether oxygens (including phenoxy) is 1. The fourth-order valence-corrected chi connectivity index (χ4v) is 1.42. The van der Waals surface area contributed by atoms with E-state index in [1.54, 1.807) is 6.20 Å². The van der Waals surface area contributed by atoms with E-state index in [0.29, 0.717) is 12.5 Å². The van der Waals surface area contributed by atoms with Crippen molar-refractivity contribution in [2.24, 2.45) is 5.73 Å². The van der Waals surface area contributed by atoms with Gasteiger partial charge in [-0.15, -0.1) is 0 Å². The summed E-state index contributed by atoms with van der Waals surface area (Å²) in [7, 11) is 4.09. The van der Waals surface area contributed by atoms with Crippen LogP contribution in [0.5, 0.6) is 5.88 Å². The zero-order chi connectivity index (χ0) is 11.8. The summed E-state index contributed by atoms with van der Waals surface area (Å²) < 4.78 is 5.55. The van der Waals surface area contributed by atoms with Crippen LogP contribution in [0, 0.1) is 0 Å². The molecule has 1 aromatic rings. The minimum Gasteiger partial charge on any atom is -0.478 e. The van der Waals surface area contributed by atoms with Gasteiger partial charge in [0.15, 0.2) is 0 Å². The van der Waals surface area contributed by atoms with E-state index < -0.39 is 0 Å². The Morgan fingerprint density at radius 2 is 2.19 bits per heavy atom. The molecule has 0 unspecified atom stereocenters. The second-order valence-electron chi connectivity index (χ2n) is 4.08. The summed E-state index contributed by atoms with van der Waals surface area (Å²) in [5.74, 6) is 0.705. The van der Waals surface area contributed by atoms with Crippen LogP contribution in [0.25, 0.3) is 0 Å². The van der Waals surface area contributed by atoms with Gasteiger partial charge >= 0.3 is 0 Å². The molecule has 0 atom stereocenters. The maximum atomic E-state index is 5.55. The highest BCUT2D eigenvalue weighted by atomic mass is 16.5. The van der Waals surface area contributed by atoms with Gasteiger partial charge in [-0.2, -0.15) is 0 Å². The van der Waals surface area contributed by atoms with Gasteiger partial charge in [-0.3, -0.25) is 0 Å². The largest absolute Gasteiger partial charge is 0.478 e. The fraction of sp³-hybridized carbons (Fsp3) is 0.583. The van der Waals surface area contributed by atoms with E-state index in [-0.39, 0.29) is 0 Å². The predicted octanol–water partition coefficient (Wildman–Crippen LogP) is 1.26. The molecule has 0 aromatic carbocycles. The molecule has 0 saturated heterocycles. The van der Waals surface area contributed by atoms with Gasteiger partial charge < -0.3 is 15.4 Å². The molecule has 0 fully saturated rings. The van der Waals surface area contributed by atoms with Gasteiger partial charge in [0.25, 0.3) is 0 Å². The van der Waals surface area contributed by atoms with Crippen molar-refractivity contribution < 1.29 is 4.74 Å². The first-order valence-corrected chi connectivity index (χ1v) is 5.65. The fourth-order valence-electron chi connectivity index (χ4n) is 1.42. The van der Waals surface area contributed by atoms with Gasteiger partial charge in [-0.1, -0.05) is 0 Å². The lowest BCUT2D eigenvalue weighted by Gasteiger charge is -2.10. The van der Waals surface area contributed by atoms with E-state index in [4.69, 9.17) is 10.5 Å². The van der Waals surface area contributed by atoms with Crippen molar-refractivity contribution in [3.8, 4) is 5.88 Å². The summed E-state index contributed by atoms with van der Waals surface area (Å²) in [6, 6.07) is 4.00. The first kappa shape index (κ1) is 12.9. The smallest absolute Gasteiger partial charge is 0.213 e. The molecule has 4 heteroatoms. The summed E-state index contributed by atoms with van der Waals surface area (Å²) in [6.45, 7) is 2.31. The predicted molar refractivity (Wildman–Crippen MR) is 65.4 cm³/mol. The average Bonchev–Trinajstić information content (AvgIpc) is 2.24. The number of unbranched alkanes of at least 4 members (excludes halogenated alkanes) is 1. The Labute approximate surface area is 97.4 Å². The minimum absolute atomic E-state index is 0.690. The number of hydrogen-bond donors (Lipinski definition) is 1. The van der Waals surface area contributed by atoms with Crippen LogP contribution in [-0.4, -0.2) is 37.1 Å². The Balaban J connectivity index is 2.41. The number of rotatable bonds is 7. The third-order valence-electron chi connectivity index (χ3n) is 2.15. The van der Waals surface area contributed by atoms with Crippen molar-refractivity contribution in [2.45, 2.75) is 19.4 Å². The molecule has 0 aliphatic rings. The van der Waals surface area contributed by atoms with E-state index in [0.717, 1.165) is 25.9 Å². The van der Waals surface area contributed by atoms with Gasteiger partial charge in [0.2, 0.25) is 5.88 Å². The average molecular weight is 223 g/mol. The molecule has 16 heavy (non-hydrogen) atoms. The van der Waals surface area contributed by atoms with E-state index in [9.17, 15) is 0 Å². The van der Waals surface area contributed by atoms with Crippen molar-refractivity contribution in [3.05, 3.63) is 23.9 Å². The maximum Gasteiger partial charge on any atom is 0.213 e. The standard InChI is InChI=1S/C12H21N3O/c1-15(2)10-11-5-7-14-12(9-11)16-8-4-3-6-13/h5,7,9H,3-4,6,8,10,13H2,1-2H3. The van der Waals surface area contributed by atoms with Crippen LogP contribution in [0.1, 0.15) is 18.4 Å². The molecular weight excluding hydrogens is 202 g/mol. The Kier molecular flexibility index (Phi) is 5.82. The summed E-state index contributed by atoms with van der Waals surface area (Å²) in [6.07, 6.45) is 3.77. The van der Waals surface area contributed by atoms with Crippen LogP contribution in [-0.2, 0) is 6.54 Å². The Morgan fingerprint density at radius 1 is 1.38 bits per heavy atom. The number of aromatic nitrogens is 1. The third-order valence-corrected chi connectivity index (χ3v) is 2.15. The van der Waals surface area contributed by atoms with Crippen LogP contribution < -0.4 is 10.5 Å². The van der Waals surface area contributed by atoms with Gasteiger partial charge in [-0.05, 0) is 45.1 Å². The van der Waals surface area contributed by atoms with Crippen LogP contribution in [0.4, 0.5) is 0 Å². The molecule has 0 amide bonds. The lowest BCUT2D eigenvalue weighted by molar-refractivity contribution is 0.295. The van der Waals surface area contributed by atoms with Crippen molar-refractivity contribution in [1.82, 2.24) is 9.88 Å².